The molecule has 0 spiro atoms. The van der Waals surface area contributed by atoms with Gasteiger partial charge in [0.05, 0.1) is 18.0 Å². The zero-order chi connectivity index (χ0) is 18.0. The van der Waals surface area contributed by atoms with Gasteiger partial charge < -0.3 is 10.2 Å². The summed E-state index contributed by atoms with van der Waals surface area (Å²) in [4.78, 5) is 26.6. The number of aromatic nitrogens is 2. The first kappa shape index (κ1) is 17.2. The Balaban J connectivity index is 1.33. The van der Waals surface area contributed by atoms with Crippen molar-refractivity contribution in [2.75, 3.05) is 37.6 Å². The van der Waals surface area contributed by atoms with Crippen molar-refractivity contribution in [2.45, 2.75) is 31.2 Å². The van der Waals surface area contributed by atoms with E-state index >= 15 is 0 Å². The van der Waals surface area contributed by atoms with Gasteiger partial charge in [-0.25, -0.2) is 9.97 Å². The number of amides is 1. The Bertz CT molecular complexity index is 830. The fourth-order valence-electron chi connectivity index (χ4n) is 3.90. The van der Waals surface area contributed by atoms with Gasteiger partial charge in [-0.2, -0.15) is 5.26 Å². The summed E-state index contributed by atoms with van der Waals surface area (Å²) in [6, 6.07) is 4.38. The molecule has 1 amide bonds. The molecule has 1 saturated carbocycles. The number of nitriles is 1. The molecular formula is C18H22N6OS. The Hall–Kier alpha value is -2.24. The van der Waals surface area contributed by atoms with Crippen molar-refractivity contribution in [1.29, 1.82) is 5.26 Å². The third-order valence-electron chi connectivity index (χ3n) is 5.33. The van der Waals surface area contributed by atoms with Crippen molar-refractivity contribution < 1.29 is 4.79 Å². The smallest absolute Gasteiger partial charge is 0.235 e. The quantitative estimate of drug-likeness (QED) is 0.883. The van der Waals surface area contributed by atoms with Gasteiger partial charge in [0.1, 0.15) is 22.5 Å². The van der Waals surface area contributed by atoms with Crippen molar-refractivity contribution in [3.63, 3.8) is 0 Å². The van der Waals surface area contributed by atoms with Gasteiger partial charge >= 0.3 is 0 Å². The van der Waals surface area contributed by atoms with Crippen molar-refractivity contribution in [3.05, 3.63) is 17.8 Å². The Labute approximate surface area is 156 Å². The molecule has 7 nitrogen and oxygen atoms in total. The number of rotatable bonds is 4. The van der Waals surface area contributed by atoms with Gasteiger partial charge in [-0.15, -0.1) is 11.3 Å². The summed E-state index contributed by atoms with van der Waals surface area (Å²) in [6.07, 6.45) is 5.20. The molecule has 136 valence electrons. The van der Waals surface area contributed by atoms with Crippen molar-refractivity contribution in [2.24, 2.45) is 0 Å². The molecule has 2 aromatic rings. The van der Waals surface area contributed by atoms with E-state index in [-0.39, 0.29) is 5.91 Å². The number of carbonyl (C=O) groups excluding carboxylic acids is 1. The fraction of sp³-hybridized carbons (Fsp3) is 0.556. The maximum absolute atomic E-state index is 12.4. The maximum Gasteiger partial charge on any atom is 0.235 e. The third kappa shape index (κ3) is 3.37. The highest BCUT2D eigenvalue weighted by atomic mass is 32.1. The molecule has 0 radical (unpaired) electrons. The Morgan fingerprint density at radius 1 is 1.27 bits per heavy atom. The predicted octanol–water partition coefficient (Wildman–Crippen LogP) is 1.77. The van der Waals surface area contributed by atoms with E-state index in [1.165, 1.54) is 0 Å². The minimum Gasteiger partial charge on any atom is -0.353 e. The van der Waals surface area contributed by atoms with Crippen LogP contribution < -0.4 is 10.2 Å². The Morgan fingerprint density at radius 2 is 2.04 bits per heavy atom. The molecule has 0 bridgehead atoms. The molecule has 3 heterocycles. The number of fused-ring (bicyclic) bond motifs is 1. The van der Waals surface area contributed by atoms with E-state index in [0.717, 1.165) is 67.9 Å². The van der Waals surface area contributed by atoms with Crippen LogP contribution in [0.5, 0.6) is 0 Å². The molecule has 1 aliphatic carbocycles. The van der Waals surface area contributed by atoms with Crippen LogP contribution in [0.4, 0.5) is 5.82 Å². The number of hydrogen-bond acceptors (Lipinski definition) is 7. The van der Waals surface area contributed by atoms with Gasteiger partial charge in [-0.3, -0.25) is 9.69 Å². The van der Waals surface area contributed by atoms with Gasteiger partial charge in [0.25, 0.3) is 0 Å². The van der Waals surface area contributed by atoms with Crippen molar-refractivity contribution in [1.82, 2.24) is 20.2 Å². The van der Waals surface area contributed by atoms with E-state index in [1.807, 2.05) is 5.38 Å². The molecule has 2 fully saturated rings. The molecule has 1 aliphatic heterocycles. The van der Waals surface area contributed by atoms with E-state index in [4.69, 9.17) is 0 Å². The standard InChI is InChI=1S/C18H22N6OS/c19-12-18(4-1-2-5-18)22-15(25)11-23-6-8-24(9-7-23)16-14-3-10-26-17(14)21-13-20-16/h3,10,13H,1-2,4-9,11H2,(H,22,25). The molecule has 2 aromatic heterocycles. The lowest BCUT2D eigenvalue weighted by molar-refractivity contribution is -0.123. The highest BCUT2D eigenvalue weighted by Crippen LogP contribution is 2.29. The number of carbonyl (C=O) groups is 1. The van der Waals surface area contributed by atoms with Gasteiger partial charge in [-0.05, 0) is 37.1 Å². The first-order chi connectivity index (χ1) is 12.7. The van der Waals surface area contributed by atoms with Crippen LogP contribution >= 0.6 is 11.3 Å². The second-order valence-corrected chi connectivity index (χ2v) is 7.94. The van der Waals surface area contributed by atoms with Crippen LogP contribution in [0.3, 0.4) is 0 Å². The average Bonchev–Trinajstić information content (AvgIpc) is 3.32. The van der Waals surface area contributed by atoms with Crippen LogP contribution in [-0.4, -0.2) is 59.0 Å². The van der Waals surface area contributed by atoms with Crippen LogP contribution in [-0.2, 0) is 4.79 Å². The minimum atomic E-state index is -0.635. The van der Waals surface area contributed by atoms with Gasteiger partial charge in [0.15, 0.2) is 0 Å². The maximum atomic E-state index is 12.4. The normalized spacial score (nSPS) is 20.2. The first-order valence-corrected chi connectivity index (χ1v) is 9.95. The number of hydrogen-bond donors (Lipinski definition) is 1. The second kappa shape index (κ2) is 7.17. The van der Waals surface area contributed by atoms with E-state index in [0.29, 0.717) is 6.54 Å². The summed E-state index contributed by atoms with van der Waals surface area (Å²) in [6.45, 7) is 3.64. The van der Waals surface area contributed by atoms with Gasteiger partial charge in [0, 0.05) is 26.2 Å². The molecule has 0 aromatic carbocycles. The lowest BCUT2D eigenvalue weighted by Crippen LogP contribution is -2.53. The zero-order valence-electron chi connectivity index (χ0n) is 14.6. The van der Waals surface area contributed by atoms with Crippen LogP contribution in [0.2, 0.25) is 0 Å². The van der Waals surface area contributed by atoms with Crippen LogP contribution in [0.15, 0.2) is 17.8 Å². The van der Waals surface area contributed by atoms with Crippen molar-refractivity contribution in [3.8, 4) is 6.07 Å². The lowest BCUT2D eigenvalue weighted by Gasteiger charge is -2.35. The minimum absolute atomic E-state index is 0.0378. The molecule has 0 unspecified atom stereocenters. The van der Waals surface area contributed by atoms with E-state index < -0.39 is 5.54 Å². The molecule has 1 N–H and O–H groups in total. The fourth-order valence-corrected chi connectivity index (χ4v) is 4.63. The number of piperazine rings is 1. The van der Waals surface area contributed by atoms with E-state index in [9.17, 15) is 10.1 Å². The van der Waals surface area contributed by atoms with Crippen LogP contribution in [0.25, 0.3) is 10.2 Å². The molecular weight excluding hydrogens is 348 g/mol. The monoisotopic (exact) mass is 370 g/mol. The molecule has 0 atom stereocenters. The SMILES string of the molecule is N#CC1(NC(=O)CN2CCN(c3ncnc4sccc34)CC2)CCCC1. The summed E-state index contributed by atoms with van der Waals surface area (Å²) < 4.78 is 0. The van der Waals surface area contributed by atoms with E-state index in [1.54, 1.807) is 17.7 Å². The number of nitrogens with zero attached hydrogens (tertiary/aromatic N) is 5. The summed E-state index contributed by atoms with van der Waals surface area (Å²) >= 11 is 1.62. The zero-order valence-corrected chi connectivity index (χ0v) is 15.5. The number of anilines is 1. The largest absolute Gasteiger partial charge is 0.353 e. The van der Waals surface area contributed by atoms with Crippen LogP contribution in [0, 0.1) is 11.3 Å². The molecule has 1 saturated heterocycles. The Morgan fingerprint density at radius 3 is 2.77 bits per heavy atom. The predicted molar refractivity (Wildman–Crippen MR) is 101 cm³/mol. The summed E-state index contributed by atoms with van der Waals surface area (Å²) in [5, 5.41) is 15.5. The lowest BCUT2D eigenvalue weighted by atomic mass is 10.00. The highest BCUT2D eigenvalue weighted by Gasteiger charge is 2.35. The van der Waals surface area contributed by atoms with Gasteiger partial charge in [-0.1, -0.05) is 0 Å². The molecule has 2 aliphatic rings. The number of nitrogens with one attached hydrogen (secondary N) is 1. The number of thiophene rings is 1. The van der Waals surface area contributed by atoms with Gasteiger partial charge in [0.2, 0.25) is 5.91 Å². The first-order valence-electron chi connectivity index (χ1n) is 9.07. The van der Waals surface area contributed by atoms with Crippen LogP contribution in [0.1, 0.15) is 25.7 Å². The van der Waals surface area contributed by atoms with Crippen molar-refractivity contribution >= 4 is 33.3 Å². The summed E-state index contributed by atoms with van der Waals surface area (Å²) in [5.74, 6) is 0.943. The molecule has 8 heteroatoms. The second-order valence-electron chi connectivity index (χ2n) is 7.05. The highest BCUT2D eigenvalue weighted by molar-refractivity contribution is 7.16. The Kier molecular flexibility index (Phi) is 4.74. The summed E-state index contributed by atoms with van der Waals surface area (Å²) in [7, 11) is 0. The summed E-state index contributed by atoms with van der Waals surface area (Å²) in [5.41, 5.74) is -0.635. The molecule has 4 rings (SSSR count). The topological polar surface area (TPSA) is 85.2 Å². The van der Waals surface area contributed by atoms with E-state index in [2.05, 4.69) is 37.2 Å². The average molecular weight is 370 g/mol. The molecule has 26 heavy (non-hydrogen) atoms. The third-order valence-corrected chi connectivity index (χ3v) is 6.15.